The summed E-state index contributed by atoms with van der Waals surface area (Å²) in [6.45, 7) is 1.90. The van der Waals surface area contributed by atoms with Crippen LogP contribution in [0.1, 0.15) is 32.6 Å². The van der Waals surface area contributed by atoms with Gasteiger partial charge in [0, 0.05) is 6.54 Å². The fourth-order valence-corrected chi connectivity index (χ4v) is 3.18. The summed E-state index contributed by atoms with van der Waals surface area (Å²) in [7, 11) is -3.56. The van der Waals surface area contributed by atoms with Gasteiger partial charge >= 0.3 is 0 Å². The molecule has 2 N–H and O–H groups in total. The molecule has 92 valence electrons. The zero-order valence-corrected chi connectivity index (χ0v) is 10.2. The first-order valence-corrected chi connectivity index (χ1v) is 7.12. The molecule has 0 aromatic heterocycles. The molecule has 0 amide bonds. The molecule has 0 aromatic carbocycles. The van der Waals surface area contributed by atoms with E-state index in [4.69, 9.17) is 5.26 Å². The van der Waals surface area contributed by atoms with Crippen molar-refractivity contribution in [3.63, 3.8) is 0 Å². The Kier molecular flexibility index (Phi) is 4.71. The van der Waals surface area contributed by atoms with E-state index < -0.39 is 21.4 Å². The maximum absolute atomic E-state index is 11.6. The number of nitrogens with one attached hydrogen (secondary N) is 1. The molecule has 1 fully saturated rings. The Balaban J connectivity index is 2.51. The van der Waals surface area contributed by atoms with Gasteiger partial charge in [-0.2, -0.15) is 5.26 Å². The highest BCUT2D eigenvalue weighted by molar-refractivity contribution is 7.90. The zero-order valence-electron chi connectivity index (χ0n) is 9.39. The van der Waals surface area contributed by atoms with E-state index >= 15 is 0 Å². The third-order valence-corrected chi connectivity index (χ3v) is 4.81. The van der Waals surface area contributed by atoms with E-state index in [-0.39, 0.29) is 18.9 Å². The van der Waals surface area contributed by atoms with Crippen LogP contribution in [0.5, 0.6) is 0 Å². The van der Waals surface area contributed by atoms with Crippen LogP contribution >= 0.6 is 0 Å². The van der Waals surface area contributed by atoms with Crippen molar-refractivity contribution in [2.45, 2.75) is 44.0 Å². The SMILES string of the molecule is CCC(C#N)S(=O)(=O)NCC1CCCC1O. The average molecular weight is 246 g/mol. The Morgan fingerprint density at radius 2 is 2.25 bits per heavy atom. The van der Waals surface area contributed by atoms with Gasteiger partial charge in [-0.05, 0) is 25.2 Å². The first kappa shape index (κ1) is 13.4. The number of nitrogens with zero attached hydrogens (tertiary/aromatic N) is 1. The van der Waals surface area contributed by atoms with Gasteiger partial charge in [-0.15, -0.1) is 0 Å². The second-order valence-electron chi connectivity index (χ2n) is 4.18. The molecule has 5 nitrogen and oxygen atoms in total. The van der Waals surface area contributed by atoms with E-state index in [2.05, 4.69) is 4.72 Å². The second-order valence-corrected chi connectivity index (χ2v) is 6.13. The number of hydrogen-bond donors (Lipinski definition) is 2. The van der Waals surface area contributed by atoms with Crippen LogP contribution < -0.4 is 4.72 Å². The molecule has 3 atom stereocenters. The van der Waals surface area contributed by atoms with Crippen molar-refractivity contribution >= 4 is 10.0 Å². The third kappa shape index (κ3) is 3.17. The molecule has 0 saturated heterocycles. The number of nitriles is 1. The summed E-state index contributed by atoms with van der Waals surface area (Å²) >= 11 is 0. The van der Waals surface area contributed by atoms with Gasteiger partial charge in [-0.25, -0.2) is 13.1 Å². The summed E-state index contributed by atoms with van der Waals surface area (Å²) in [6, 6.07) is 1.77. The summed E-state index contributed by atoms with van der Waals surface area (Å²) in [5, 5.41) is 17.2. The Labute approximate surface area is 96.5 Å². The highest BCUT2D eigenvalue weighted by Gasteiger charge is 2.29. The monoisotopic (exact) mass is 246 g/mol. The average Bonchev–Trinajstić information content (AvgIpc) is 2.62. The molecule has 0 heterocycles. The van der Waals surface area contributed by atoms with Crippen LogP contribution in [0.3, 0.4) is 0 Å². The van der Waals surface area contributed by atoms with Crippen molar-refractivity contribution in [3.8, 4) is 6.07 Å². The topological polar surface area (TPSA) is 90.2 Å². The number of aliphatic hydroxyl groups is 1. The smallest absolute Gasteiger partial charge is 0.227 e. The molecular weight excluding hydrogens is 228 g/mol. The number of sulfonamides is 1. The van der Waals surface area contributed by atoms with Gasteiger partial charge in [0.2, 0.25) is 10.0 Å². The maximum Gasteiger partial charge on any atom is 0.227 e. The molecule has 0 spiro atoms. The number of rotatable bonds is 5. The van der Waals surface area contributed by atoms with Crippen LogP contribution in [0, 0.1) is 17.2 Å². The Hall–Kier alpha value is -0.640. The lowest BCUT2D eigenvalue weighted by atomic mass is 10.1. The number of hydrogen-bond acceptors (Lipinski definition) is 4. The first-order valence-electron chi connectivity index (χ1n) is 5.57. The second kappa shape index (κ2) is 5.62. The molecule has 0 bridgehead atoms. The normalized spacial score (nSPS) is 27.6. The highest BCUT2D eigenvalue weighted by Crippen LogP contribution is 2.24. The highest BCUT2D eigenvalue weighted by atomic mass is 32.2. The van der Waals surface area contributed by atoms with E-state index in [0.717, 1.165) is 19.3 Å². The maximum atomic E-state index is 11.6. The zero-order chi connectivity index (χ0) is 12.2. The summed E-state index contributed by atoms with van der Waals surface area (Å²) in [5.41, 5.74) is 0. The molecule has 1 saturated carbocycles. The molecule has 0 aliphatic heterocycles. The quantitative estimate of drug-likeness (QED) is 0.733. The molecule has 0 aromatic rings. The van der Waals surface area contributed by atoms with Crippen molar-refractivity contribution in [3.05, 3.63) is 0 Å². The van der Waals surface area contributed by atoms with E-state index in [0.29, 0.717) is 0 Å². The van der Waals surface area contributed by atoms with Crippen LogP contribution in [0.15, 0.2) is 0 Å². The molecule has 0 radical (unpaired) electrons. The molecule has 16 heavy (non-hydrogen) atoms. The Bertz CT molecular complexity index is 361. The van der Waals surface area contributed by atoms with Crippen molar-refractivity contribution in [1.29, 1.82) is 5.26 Å². The van der Waals surface area contributed by atoms with Crippen molar-refractivity contribution in [1.82, 2.24) is 4.72 Å². The van der Waals surface area contributed by atoms with Gasteiger partial charge in [0.15, 0.2) is 5.25 Å². The van der Waals surface area contributed by atoms with Gasteiger partial charge < -0.3 is 5.11 Å². The Morgan fingerprint density at radius 1 is 1.56 bits per heavy atom. The van der Waals surface area contributed by atoms with Crippen molar-refractivity contribution < 1.29 is 13.5 Å². The predicted molar refractivity (Wildman–Crippen MR) is 60.0 cm³/mol. The van der Waals surface area contributed by atoms with Crippen molar-refractivity contribution in [2.24, 2.45) is 5.92 Å². The lowest BCUT2D eigenvalue weighted by Gasteiger charge is -2.16. The third-order valence-electron chi connectivity index (χ3n) is 3.06. The van der Waals surface area contributed by atoms with Gasteiger partial charge in [0.05, 0.1) is 12.2 Å². The lowest BCUT2D eigenvalue weighted by molar-refractivity contribution is 0.134. The van der Waals surface area contributed by atoms with E-state index in [9.17, 15) is 13.5 Å². The largest absolute Gasteiger partial charge is 0.393 e. The fourth-order valence-electron chi connectivity index (χ4n) is 1.96. The Morgan fingerprint density at radius 3 is 2.69 bits per heavy atom. The minimum absolute atomic E-state index is 0.00836. The first-order chi connectivity index (χ1) is 7.51. The van der Waals surface area contributed by atoms with Gasteiger partial charge in [0.1, 0.15) is 0 Å². The summed E-state index contributed by atoms with van der Waals surface area (Å²) in [4.78, 5) is 0. The molecular formula is C10H18N2O3S. The number of aliphatic hydroxyl groups excluding tert-OH is 1. The molecule has 1 aliphatic rings. The van der Waals surface area contributed by atoms with Gasteiger partial charge in [0.25, 0.3) is 0 Å². The fraction of sp³-hybridized carbons (Fsp3) is 0.900. The molecule has 6 heteroatoms. The van der Waals surface area contributed by atoms with E-state index in [1.165, 1.54) is 0 Å². The van der Waals surface area contributed by atoms with Crippen LogP contribution in [-0.2, 0) is 10.0 Å². The lowest BCUT2D eigenvalue weighted by Crippen LogP contribution is -2.37. The predicted octanol–water partition coefficient (Wildman–Crippen LogP) is 0.369. The molecule has 1 rings (SSSR count). The van der Waals surface area contributed by atoms with Crippen LogP contribution in [-0.4, -0.2) is 31.4 Å². The summed E-state index contributed by atoms with van der Waals surface area (Å²) in [5.74, 6) is -0.00836. The van der Waals surface area contributed by atoms with Gasteiger partial charge in [-0.3, -0.25) is 0 Å². The van der Waals surface area contributed by atoms with Crippen LogP contribution in [0.2, 0.25) is 0 Å². The van der Waals surface area contributed by atoms with E-state index in [1.54, 1.807) is 13.0 Å². The summed E-state index contributed by atoms with van der Waals surface area (Å²) in [6.07, 6.45) is 2.38. The van der Waals surface area contributed by atoms with Gasteiger partial charge in [-0.1, -0.05) is 13.3 Å². The standard InChI is InChI=1S/C10H18N2O3S/c1-2-9(6-11)16(14,15)12-7-8-4-3-5-10(8)13/h8-10,12-13H,2-5,7H2,1H3. The van der Waals surface area contributed by atoms with E-state index in [1.807, 2.05) is 0 Å². The van der Waals surface area contributed by atoms with Crippen molar-refractivity contribution in [2.75, 3.05) is 6.54 Å². The summed E-state index contributed by atoms with van der Waals surface area (Å²) < 4.78 is 25.7. The molecule has 3 unspecified atom stereocenters. The minimum Gasteiger partial charge on any atom is -0.393 e. The molecule has 1 aliphatic carbocycles. The minimum atomic E-state index is -3.56. The van der Waals surface area contributed by atoms with Crippen LogP contribution in [0.4, 0.5) is 0 Å². The van der Waals surface area contributed by atoms with Crippen LogP contribution in [0.25, 0.3) is 0 Å².